The monoisotopic (exact) mass is 639 g/mol. The van der Waals surface area contributed by atoms with Gasteiger partial charge in [0.25, 0.3) is 11.1 Å². The van der Waals surface area contributed by atoms with Crippen molar-refractivity contribution in [3.8, 4) is 11.3 Å². The van der Waals surface area contributed by atoms with E-state index in [1.807, 2.05) is 22.6 Å². The van der Waals surface area contributed by atoms with Crippen LogP contribution in [0.5, 0.6) is 0 Å². The highest BCUT2D eigenvalue weighted by Gasteiger charge is 2.29. The van der Waals surface area contributed by atoms with E-state index < -0.39 is 38.5 Å². The molecule has 0 bridgehead atoms. The number of hydrogen-bond donors (Lipinski definition) is 1. The van der Waals surface area contributed by atoms with Gasteiger partial charge in [0.15, 0.2) is 0 Å². The van der Waals surface area contributed by atoms with Gasteiger partial charge < -0.3 is 9.88 Å². The zero-order chi connectivity index (χ0) is 26.6. The van der Waals surface area contributed by atoms with Gasteiger partial charge in [-0.25, -0.2) is 17.5 Å². The summed E-state index contributed by atoms with van der Waals surface area (Å²) in [7, 11) is -0.777. The normalized spacial score (nSPS) is 14.9. The van der Waals surface area contributed by atoms with Crippen LogP contribution in [0.1, 0.15) is 6.42 Å². The first-order chi connectivity index (χ1) is 17.5. The van der Waals surface area contributed by atoms with E-state index in [1.165, 1.54) is 30.5 Å². The van der Waals surface area contributed by atoms with Crippen molar-refractivity contribution in [2.45, 2.75) is 6.42 Å². The third-order valence-corrected chi connectivity index (χ3v) is 8.75. The van der Waals surface area contributed by atoms with Crippen molar-refractivity contribution >= 4 is 60.6 Å². The van der Waals surface area contributed by atoms with Gasteiger partial charge in [-0.15, -0.1) is 0 Å². The lowest BCUT2D eigenvalue weighted by molar-refractivity contribution is 0.598. The fourth-order valence-electron chi connectivity index (χ4n) is 4.42. The summed E-state index contributed by atoms with van der Waals surface area (Å²) in [5.41, 5.74) is -1.35. The van der Waals surface area contributed by atoms with Gasteiger partial charge in [-0.05, 0) is 59.3 Å². The highest BCUT2D eigenvalue weighted by Crippen LogP contribution is 2.34. The summed E-state index contributed by atoms with van der Waals surface area (Å²) in [4.78, 5) is 26.1. The molecule has 1 aliphatic heterocycles. The molecule has 1 saturated heterocycles. The Morgan fingerprint density at radius 1 is 1.05 bits per heavy atom. The first-order valence-electron chi connectivity index (χ1n) is 11.1. The summed E-state index contributed by atoms with van der Waals surface area (Å²) in [6.07, 6.45) is 0.492. The molecule has 1 fully saturated rings. The van der Waals surface area contributed by atoms with Crippen molar-refractivity contribution in [2.24, 2.45) is 14.1 Å². The summed E-state index contributed by atoms with van der Waals surface area (Å²) >= 11 is 1.92. The molecule has 0 radical (unpaired) electrons. The van der Waals surface area contributed by atoms with E-state index in [-0.39, 0.29) is 28.0 Å². The molecule has 0 amide bonds. The van der Waals surface area contributed by atoms with Crippen LogP contribution in [0.15, 0.2) is 52.1 Å². The van der Waals surface area contributed by atoms with Crippen LogP contribution in [0.4, 0.5) is 25.8 Å². The van der Waals surface area contributed by atoms with Gasteiger partial charge in [-0.3, -0.25) is 13.9 Å². The van der Waals surface area contributed by atoms with E-state index in [0.29, 0.717) is 27.8 Å². The van der Waals surface area contributed by atoms with Gasteiger partial charge in [0.2, 0.25) is 15.8 Å². The van der Waals surface area contributed by atoms with E-state index in [4.69, 9.17) is 0 Å². The summed E-state index contributed by atoms with van der Waals surface area (Å²) in [5, 5.41) is 6.73. The highest BCUT2D eigenvalue weighted by atomic mass is 127. The fourth-order valence-corrected chi connectivity index (χ4v) is 6.43. The fraction of sp³-hybridized carbons (Fsp3) is 0.208. The van der Waals surface area contributed by atoms with E-state index in [1.54, 1.807) is 30.3 Å². The number of nitrogens with zero attached hydrogens (tertiary/aromatic N) is 4. The summed E-state index contributed by atoms with van der Waals surface area (Å²) in [6, 6.07) is 10.7. The van der Waals surface area contributed by atoms with Crippen LogP contribution < -0.4 is 20.7 Å². The van der Waals surface area contributed by atoms with Crippen molar-refractivity contribution in [2.75, 3.05) is 21.9 Å². The number of anilines is 3. The third kappa shape index (κ3) is 4.29. The Balaban J connectivity index is 1.80. The molecule has 192 valence electrons. The number of aromatic nitrogens is 3. The maximum Gasteiger partial charge on any atom is 0.289 e. The van der Waals surface area contributed by atoms with Crippen LogP contribution >= 0.6 is 22.6 Å². The maximum absolute atomic E-state index is 15.3. The predicted molar refractivity (Wildman–Crippen MR) is 146 cm³/mol. The molecular weight excluding hydrogens is 619 g/mol. The van der Waals surface area contributed by atoms with E-state index >= 15 is 4.39 Å². The molecule has 5 rings (SSSR count). The molecule has 9 nitrogen and oxygen atoms in total. The Hall–Kier alpha value is -3.33. The summed E-state index contributed by atoms with van der Waals surface area (Å²) in [6.45, 7) is 0.326. The SMILES string of the molecule is Cn1nc(-c2cccc(N3CCCS3(=O)=O)c2)c2c(c(Nc3ccc(I)cc3F)c(F)c(=O)n2C)c1=O. The number of hydrogen-bond acceptors (Lipinski definition) is 6. The second-order valence-corrected chi connectivity index (χ2v) is 11.9. The van der Waals surface area contributed by atoms with Crippen molar-refractivity contribution in [1.29, 1.82) is 0 Å². The molecule has 0 aliphatic carbocycles. The van der Waals surface area contributed by atoms with Crippen molar-refractivity contribution in [1.82, 2.24) is 14.3 Å². The standard InChI is InChI=1S/C24H20F2IN5O4S/c1-30-22-18(21(19(26)24(30)34)28-17-8-7-14(27)12-16(17)25)23(33)31(2)29-20(22)13-5-3-6-15(11-13)32-9-4-10-37(32,35)36/h3,5-8,11-12,28H,4,9-10H2,1-2H3. The van der Waals surface area contributed by atoms with Gasteiger partial charge in [0.1, 0.15) is 11.5 Å². The Labute approximate surface area is 223 Å². The number of rotatable bonds is 4. The topological polar surface area (TPSA) is 106 Å². The second kappa shape index (κ2) is 9.20. The first-order valence-corrected chi connectivity index (χ1v) is 13.8. The molecule has 3 heterocycles. The van der Waals surface area contributed by atoms with Crippen molar-refractivity contribution in [3.63, 3.8) is 0 Å². The van der Waals surface area contributed by atoms with Crippen LogP contribution in [0.2, 0.25) is 0 Å². The van der Waals surface area contributed by atoms with Gasteiger partial charge >= 0.3 is 0 Å². The molecule has 13 heteroatoms. The molecule has 1 aliphatic rings. The smallest absolute Gasteiger partial charge is 0.289 e. The van der Waals surface area contributed by atoms with Crippen LogP contribution in [0.25, 0.3) is 22.2 Å². The molecule has 0 atom stereocenters. The van der Waals surface area contributed by atoms with E-state index in [2.05, 4.69) is 10.4 Å². The molecule has 2 aromatic carbocycles. The Kier molecular flexibility index (Phi) is 6.30. The average Bonchev–Trinajstić information content (AvgIpc) is 3.22. The first kappa shape index (κ1) is 25.3. The van der Waals surface area contributed by atoms with Gasteiger partial charge in [0, 0.05) is 29.8 Å². The van der Waals surface area contributed by atoms with E-state index in [9.17, 15) is 22.4 Å². The van der Waals surface area contributed by atoms with Crippen LogP contribution in [-0.2, 0) is 24.1 Å². The van der Waals surface area contributed by atoms with Crippen molar-refractivity contribution < 1.29 is 17.2 Å². The minimum atomic E-state index is -3.46. The molecule has 4 aromatic rings. The quantitative estimate of drug-likeness (QED) is 0.343. The number of aryl methyl sites for hydroxylation is 2. The molecule has 0 saturated carbocycles. The molecule has 0 unspecified atom stereocenters. The Morgan fingerprint density at radius 3 is 2.49 bits per heavy atom. The summed E-state index contributed by atoms with van der Waals surface area (Å²) < 4.78 is 58.7. The lowest BCUT2D eigenvalue weighted by Gasteiger charge is -2.19. The van der Waals surface area contributed by atoms with Gasteiger partial charge in [-0.2, -0.15) is 9.49 Å². The largest absolute Gasteiger partial charge is 0.350 e. The lowest BCUT2D eigenvalue weighted by Crippen LogP contribution is -2.29. The summed E-state index contributed by atoms with van der Waals surface area (Å²) in [5.74, 6) is -1.90. The van der Waals surface area contributed by atoms with Gasteiger partial charge in [0.05, 0.1) is 33.7 Å². The lowest BCUT2D eigenvalue weighted by atomic mass is 10.1. The second-order valence-electron chi connectivity index (χ2n) is 8.60. The molecule has 1 N–H and O–H groups in total. The number of fused-ring (bicyclic) bond motifs is 1. The Morgan fingerprint density at radius 2 is 1.81 bits per heavy atom. The maximum atomic E-state index is 15.3. The van der Waals surface area contributed by atoms with Crippen LogP contribution in [0.3, 0.4) is 0 Å². The average molecular weight is 639 g/mol. The highest BCUT2D eigenvalue weighted by molar-refractivity contribution is 14.1. The van der Waals surface area contributed by atoms with Crippen LogP contribution in [0, 0.1) is 15.2 Å². The number of nitrogens with one attached hydrogen (secondary N) is 1. The Bertz CT molecular complexity index is 1820. The third-order valence-electron chi connectivity index (χ3n) is 6.21. The van der Waals surface area contributed by atoms with Crippen molar-refractivity contribution in [3.05, 3.63) is 78.4 Å². The number of benzene rings is 2. The van der Waals surface area contributed by atoms with E-state index in [0.717, 1.165) is 9.25 Å². The molecular formula is C24H20F2IN5O4S. The zero-order valence-electron chi connectivity index (χ0n) is 19.6. The molecule has 0 spiro atoms. The minimum Gasteiger partial charge on any atom is -0.350 e. The number of halogens is 3. The van der Waals surface area contributed by atoms with Gasteiger partial charge in [-0.1, -0.05) is 12.1 Å². The van der Waals surface area contributed by atoms with Crippen LogP contribution in [-0.4, -0.2) is 35.1 Å². The predicted octanol–water partition coefficient (Wildman–Crippen LogP) is 3.47. The molecule has 2 aromatic heterocycles. The zero-order valence-corrected chi connectivity index (χ0v) is 22.6. The number of sulfonamides is 1. The minimum absolute atomic E-state index is 0.0179. The molecule has 37 heavy (non-hydrogen) atoms. The number of pyridine rings is 1.